The fourth-order valence-corrected chi connectivity index (χ4v) is 4.53. The van der Waals surface area contributed by atoms with Gasteiger partial charge in [0.2, 0.25) is 11.5 Å². The number of aromatic amines is 1. The Hall–Kier alpha value is -3.76. The molecular weight excluding hydrogens is 448 g/mol. The van der Waals surface area contributed by atoms with Crippen LogP contribution in [0.4, 0.5) is 11.5 Å². The molecule has 2 fully saturated rings. The average Bonchev–Trinajstić information content (AvgIpc) is 3.18. The van der Waals surface area contributed by atoms with Crippen LogP contribution in [0.2, 0.25) is 0 Å². The number of likely N-dealkylation sites (N-methyl/N-ethyl adjacent to an activating group) is 1. The minimum Gasteiger partial charge on any atom is -0.379 e. The Balaban J connectivity index is 1.46. The summed E-state index contributed by atoms with van der Waals surface area (Å²) in [5.74, 6) is 0.154. The Kier molecular flexibility index (Phi) is 6.23. The van der Waals surface area contributed by atoms with E-state index in [4.69, 9.17) is 4.74 Å². The normalized spacial score (nSPS) is 16.8. The van der Waals surface area contributed by atoms with Gasteiger partial charge in [0.15, 0.2) is 0 Å². The molecule has 2 aliphatic heterocycles. The molecule has 2 aromatic heterocycles. The average molecular weight is 477 g/mol. The standard InChI is InChI=1S/C25H28N6O4/c1-16-9-22(32)28-21-4-3-18(11-19(16)21)27-25(34)20-10-17(13-30-5-7-35-8-6-30)12-26-24(20)31-14-23(33)29(2)15-31/h3-4,9-12H,5-8,13-15H2,1-2H3,(H,27,34)(H,28,32). The number of aryl methyl sites for hydroxylation is 1. The van der Waals surface area contributed by atoms with E-state index in [-0.39, 0.29) is 23.9 Å². The lowest BCUT2D eigenvalue weighted by Crippen LogP contribution is -2.35. The predicted molar refractivity (Wildman–Crippen MR) is 133 cm³/mol. The van der Waals surface area contributed by atoms with Gasteiger partial charge in [-0.05, 0) is 42.3 Å². The number of carbonyl (C=O) groups excluding carboxylic acids is 2. The summed E-state index contributed by atoms with van der Waals surface area (Å²) in [6, 6.07) is 8.77. The Morgan fingerprint density at radius 3 is 2.71 bits per heavy atom. The van der Waals surface area contributed by atoms with Crippen LogP contribution in [0.5, 0.6) is 0 Å². The number of nitrogens with zero attached hydrogens (tertiary/aromatic N) is 4. The fourth-order valence-electron chi connectivity index (χ4n) is 4.53. The van der Waals surface area contributed by atoms with Crippen LogP contribution in [-0.4, -0.2) is 78.1 Å². The number of hydrogen-bond acceptors (Lipinski definition) is 7. The van der Waals surface area contributed by atoms with E-state index in [1.165, 1.54) is 6.07 Å². The molecule has 2 amide bonds. The number of nitrogens with one attached hydrogen (secondary N) is 2. The number of anilines is 2. The number of ether oxygens (including phenoxy) is 1. The summed E-state index contributed by atoms with van der Waals surface area (Å²) in [7, 11) is 1.73. The van der Waals surface area contributed by atoms with Crippen molar-refractivity contribution in [2.24, 2.45) is 0 Å². The molecule has 10 heteroatoms. The Labute approximate surface area is 202 Å². The molecule has 3 aromatic rings. The third-order valence-electron chi connectivity index (χ3n) is 6.42. The molecule has 35 heavy (non-hydrogen) atoms. The van der Waals surface area contributed by atoms with Crippen LogP contribution >= 0.6 is 0 Å². The first kappa shape index (κ1) is 23.0. The summed E-state index contributed by atoms with van der Waals surface area (Å²) in [5, 5.41) is 3.83. The SMILES string of the molecule is Cc1cc(=O)[nH]c2ccc(NC(=O)c3cc(CN4CCOCC4)cnc3N3CC(=O)N(C)C3)cc12. The van der Waals surface area contributed by atoms with Crippen LogP contribution in [0.15, 0.2) is 41.3 Å². The number of pyridine rings is 2. The molecule has 182 valence electrons. The first-order valence-corrected chi connectivity index (χ1v) is 11.6. The van der Waals surface area contributed by atoms with Crippen LogP contribution in [0.1, 0.15) is 21.5 Å². The summed E-state index contributed by atoms with van der Waals surface area (Å²) in [5.41, 5.74) is 3.32. The molecule has 2 N–H and O–H groups in total. The predicted octanol–water partition coefficient (Wildman–Crippen LogP) is 1.55. The second-order valence-electron chi connectivity index (χ2n) is 9.07. The number of hydrogen-bond donors (Lipinski definition) is 2. The van der Waals surface area contributed by atoms with Crippen molar-refractivity contribution >= 4 is 34.2 Å². The molecule has 5 rings (SSSR count). The van der Waals surface area contributed by atoms with E-state index in [9.17, 15) is 14.4 Å². The van der Waals surface area contributed by atoms with Gasteiger partial charge in [0, 0.05) is 55.5 Å². The number of rotatable bonds is 5. The van der Waals surface area contributed by atoms with Crippen LogP contribution in [0.3, 0.4) is 0 Å². The number of carbonyl (C=O) groups is 2. The zero-order valence-electron chi connectivity index (χ0n) is 19.8. The summed E-state index contributed by atoms with van der Waals surface area (Å²) in [4.78, 5) is 50.5. The first-order valence-electron chi connectivity index (χ1n) is 11.6. The van der Waals surface area contributed by atoms with E-state index in [0.29, 0.717) is 49.0 Å². The lowest BCUT2D eigenvalue weighted by atomic mass is 10.1. The van der Waals surface area contributed by atoms with Gasteiger partial charge in [-0.15, -0.1) is 0 Å². The van der Waals surface area contributed by atoms with Crippen LogP contribution < -0.4 is 15.8 Å². The minimum atomic E-state index is -0.306. The van der Waals surface area contributed by atoms with E-state index in [1.807, 2.05) is 24.0 Å². The zero-order chi connectivity index (χ0) is 24.5. The third-order valence-corrected chi connectivity index (χ3v) is 6.42. The Bertz CT molecular complexity index is 1350. The quantitative estimate of drug-likeness (QED) is 0.575. The Morgan fingerprint density at radius 2 is 1.97 bits per heavy atom. The van der Waals surface area contributed by atoms with Crippen LogP contribution in [-0.2, 0) is 16.1 Å². The number of morpholine rings is 1. The van der Waals surface area contributed by atoms with Gasteiger partial charge in [0.25, 0.3) is 5.91 Å². The maximum absolute atomic E-state index is 13.5. The molecule has 0 saturated carbocycles. The number of H-pyrrole nitrogens is 1. The second-order valence-corrected chi connectivity index (χ2v) is 9.07. The molecule has 0 radical (unpaired) electrons. The Morgan fingerprint density at radius 1 is 1.17 bits per heavy atom. The molecular formula is C25H28N6O4. The van der Waals surface area contributed by atoms with Gasteiger partial charge in [-0.3, -0.25) is 19.3 Å². The van der Waals surface area contributed by atoms with Crippen LogP contribution in [0, 0.1) is 6.92 Å². The van der Waals surface area contributed by atoms with Crippen molar-refractivity contribution in [1.29, 1.82) is 0 Å². The molecule has 10 nitrogen and oxygen atoms in total. The van der Waals surface area contributed by atoms with Gasteiger partial charge >= 0.3 is 0 Å². The largest absolute Gasteiger partial charge is 0.379 e. The number of fused-ring (bicyclic) bond motifs is 1. The summed E-state index contributed by atoms with van der Waals surface area (Å²) in [6.07, 6.45) is 1.78. The maximum atomic E-state index is 13.5. The monoisotopic (exact) mass is 476 g/mol. The smallest absolute Gasteiger partial charge is 0.259 e. The van der Waals surface area contributed by atoms with Crippen molar-refractivity contribution in [3.05, 3.63) is 63.6 Å². The molecule has 0 bridgehead atoms. The van der Waals surface area contributed by atoms with Crippen molar-refractivity contribution in [3.63, 3.8) is 0 Å². The van der Waals surface area contributed by atoms with Crippen molar-refractivity contribution in [2.75, 3.05) is 56.8 Å². The third kappa shape index (κ3) is 4.89. The lowest BCUT2D eigenvalue weighted by molar-refractivity contribution is -0.125. The maximum Gasteiger partial charge on any atom is 0.259 e. The summed E-state index contributed by atoms with van der Waals surface area (Å²) >= 11 is 0. The minimum absolute atomic E-state index is 0.0189. The second kappa shape index (κ2) is 9.47. The van der Waals surface area contributed by atoms with Crippen LogP contribution in [0.25, 0.3) is 10.9 Å². The summed E-state index contributed by atoms with van der Waals surface area (Å²) < 4.78 is 5.43. The van der Waals surface area contributed by atoms with Gasteiger partial charge in [-0.25, -0.2) is 4.98 Å². The molecule has 4 heterocycles. The molecule has 1 aromatic carbocycles. The molecule has 0 atom stereocenters. The van der Waals surface area contributed by atoms with Crippen molar-refractivity contribution in [1.82, 2.24) is 19.8 Å². The highest BCUT2D eigenvalue weighted by Crippen LogP contribution is 2.25. The van der Waals surface area contributed by atoms with E-state index < -0.39 is 0 Å². The molecule has 2 saturated heterocycles. The topological polar surface area (TPSA) is 111 Å². The molecule has 0 aliphatic carbocycles. The number of benzene rings is 1. The van der Waals surface area contributed by atoms with Gasteiger partial charge in [0.1, 0.15) is 12.4 Å². The molecule has 0 spiro atoms. The van der Waals surface area contributed by atoms with Gasteiger partial charge < -0.3 is 24.8 Å². The molecule has 2 aliphatic rings. The van der Waals surface area contributed by atoms with E-state index >= 15 is 0 Å². The van der Waals surface area contributed by atoms with E-state index in [0.717, 1.165) is 29.6 Å². The van der Waals surface area contributed by atoms with Gasteiger partial charge in [-0.2, -0.15) is 0 Å². The van der Waals surface area contributed by atoms with Gasteiger partial charge in [-0.1, -0.05) is 0 Å². The van der Waals surface area contributed by atoms with Crippen molar-refractivity contribution < 1.29 is 14.3 Å². The molecule has 0 unspecified atom stereocenters. The number of aromatic nitrogens is 2. The number of amides is 2. The fraction of sp³-hybridized carbons (Fsp3) is 0.360. The summed E-state index contributed by atoms with van der Waals surface area (Å²) in [6.45, 7) is 6.11. The zero-order valence-corrected chi connectivity index (χ0v) is 19.8. The highest BCUT2D eigenvalue weighted by molar-refractivity contribution is 6.08. The van der Waals surface area contributed by atoms with Gasteiger partial charge in [0.05, 0.1) is 25.4 Å². The first-order chi connectivity index (χ1) is 16.9. The highest BCUT2D eigenvalue weighted by Gasteiger charge is 2.29. The van der Waals surface area contributed by atoms with E-state index in [1.54, 1.807) is 30.3 Å². The highest BCUT2D eigenvalue weighted by atomic mass is 16.5. The van der Waals surface area contributed by atoms with E-state index in [2.05, 4.69) is 20.2 Å². The van der Waals surface area contributed by atoms with Crippen molar-refractivity contribution in [2.45, 2.75) is 13.5 Å². The van der Waals surface area contributed by atoms with Crippen molar-refractivity contribution in [3.8, 4) is 0 Å². The lowest BCUT2D eigenvalue weighted by Gasteiger charge is -2.27.